The third kappa shape index (κ3) is 6.46. The Bertz CT molecular complexity index is 350. The molecule has 1 aromatic carbocycles. The van der Waals surface area contributed by atoms with Gasteiger partial charge in [-0.05, 0) is 43.5 Å². The zero-order valence-electron chi connectivity index (χ0n) is 12.5. The van der Waals surface area contributed by atoms with Crippen LogP contribution in [0.4, 0.5) is 0 Å². The van der Waals surface area contributed by atoms with E-state index in [4.69, 9.17) is 5.11 Å². The zero-order chi connectivity index (χ0) is 14.3. The van der Waals surface area contributed by atoms with Crippen LogP contribution >= 0.6 is 11.8 Å². The van der Waals surface area contributed by atoms with Crippen molar-refractivity contribution < 1.29 is 5.11 Å². The van der Waals surface area contributed by atoms with Gasteiger partial charge in [0.2, 0.25) is 0 Å². The lowest BCUT2D eigenvalue weighted by Crippen LogP contribution is -2.24. The number of thioether (sulfide) groups is 1. The predicted molar refractivity (Wildman–Crippen MR) is 84.7 cm³/mol. The standard InChI is InChI=1S/C16H27NOS/c1-12(2)19-16-7-5-15(6-8-16)14(4)17-11-13(3)9-10-18/h5-8,12-14,17-18H,9-11H2,1-4H3. The molecule has 0 saturated heterocycles. The molecule has 2 nitrogen and oxygen atoms in total. The number of benzene rings is 1. The summed E-state index contributed by atoms with van der Waals surface area (Å²) in [6.07, 6.45) is 0.865. The summed E-state index contributed by atoms with van der Waals surface area (Å²) in [7, 11) is 0. The normalized spacial score (nSPS) is 14.6. The molecule has 0 aliphatic rings. The molecule has 108 valence electrons. The predicted octanol–water partition coefficient (Wildman–Crippen LogP) is 3.86. The first-order valence-electron chi connectivity index (χ1n) is 7.13. The molecule has 0 aliphatic carbocycles. The SMILES string of the molecule is CC(CCO)CNC(C)c1ccc(SC(C)C)cc1. The molecule has 2 N–H and O–H groups in total. The lowest BCUT2D eigenvalue weighted by molar-refractivity contribution is 0.258. The van der Waals surface area contributed by atoms with Crippen LogP contribution in [0, 0.1) is 5.92 Å². The van der Waals surface area contributed by atoms with E-state index in [2.05, 4.69) is 57.3 Å². The van der Waals surface area contributed by atoms with Crippen molar-refractivity contribution in [2.45, 2.75) is 50.3 Å². The van der Waals surface area contributed by atoms with Gasteiger partial charge in [0.1, 0.15) is 0 Å². The zero-order valence-corrected chi connectivity index (χ0v) is 13.3. The Morgan fingerprint density at radius 2 is 1.74 bits per heavy atom. The van der Waals surface area contributed by atoms with E-state index in [1.54, 1.807) is 0 Å². The van der Waals surface area contributed by atoms with Crippen molar-refractivity contribution in [3.8, 4) is 0 Å². The third-order valence-electron chi connectivity index (χ3n) is 3.15. The van der Waals surface area contributed by atoms with Crippen LogP contribution in [0.15, 0.2) is 29.2 Å². The summed E-state index contributed by atoms with van der Waals surface area (Å²) in [5.74, 6) is 0.517. The van der Waals surface area contributed by atoms with E-state index < -0.39 is 0 Å². The maximum Gasteiger partial charge on any atom is 0.0434 e. The number of aliphatic hydroxyl groups excluding tert-OH is 1. The molecule has 0 bridgehead atoms. The fraction of sp³-hybridized carbons (Fsp3) is 0.625. The lowest BCUT2D eigenvalue weighted by atomic mass is 10.1. The molecule has 0 amide bonds. The van der Waals surface area contributed by atoms with Crippen molar-refractivity contribution in [2.75, 3.05) is 13.2 Å². The van der Waals surface area contributed by atoms with Crippen LogP contribution in [0.5, 0.6) is 0 Å². The van der Waals surface area contributed by atoms with Crippen molar-refractivity contribution >= 4 is 11.8 Å². The first-order chi connectivity index (χ1) is 9.02. The van der Waals surface area contributed by atoms with Gasteiger partial charge in [-0.25, -0.2) is 0 Å². The molecule has 0 radical (unpaired) electrons. The van der Waals surface area contributed by atoms with E-state index in [1.807, 2.05) is 11.8 Å². The van der Waals surface area contributed by atoms with Gasteiger partial charge in [0.25, 0.3) is 0 Å². The first kappa shape index (κ1) is 16.5. The number of rotatable bonds is 8. The molecule has 2 atom stereocenters. The first-order valence-corrected chi connectivity index (χ1v) is 8.01. The molecule has 3 heteroatoms. The average molecular weight is 281 g/mol. The van der Waals surface area contributed by atoms with Crippen molar-refractivity contribution in [2.24, 2.45) is 5.92 Å². The van der Waals surface area contributed by atoms with Gasteiger partial charge in [-0.2, -0.15) is 0 Å². The molecule has 19 heavy (non-hydrogen) atoms. The van der Waals surface area contributed by atoms with E-state index >= 15 is 0 Å². The van der Waals surface area contributed by atoms with Gasteiger partial charge in [0.15, 0.2) is 0 Å². The summed E-state index contributed by atoms with van der Waals surface area (Å²) >= 11 is 1.90. The molecule has 0 heterocycles. The van der Waals surface area contributed by atoms with Gasteiger partial charge < -0.3 is 10.4 Å². The maximum absolute atomic E-state index is 8.89. The van der Waals surface area contributed by atoms with E-state index in [0.29, 0.717) is 17.2 Å². The number of aliphatic hydroxyl groups is 1. The van der Waals surface area contributed by atoms with Gasteiger partial charge in [0, 0.05) is 22.8 Å². The number of hydrogen-bond donors (Lipinski definition) is 2. The smallest absolute Gasteiger partial charge is 0.0434 e. The quantitative estimate of drug-likeness (QED) is 0.710. The second-order valence-corrected chi connectivity index (χ2v) is 7.13. The van der Waals surface area contributed by atoms with Crippen LogP contribution in [-0.2, 0) is 0 Å². The van der Waals surface area contributed by atoms with Gasteiger partial charge >= 0.3 is 0 Å². The Labute approximate surface area is 122 Å². The molecular weight excluding hydrogens is 254 g/mol. The molecule has 0 saturated carbocycles. The van der Waals surface area contributed by atoms with E-state index in [9.17, 15) is 0 Å². The molecule has 0 spiro atoms. The molecule has 1 aromatic rings. The highest BCUT2D eigenvalue weighted by Gasteiger charge is 2.07. The monoisotopic (exact) mass is 281 g/mol. The summed E-state index contributed by atoms with van der Waals surface area (Å²) in [6, 6.07) is 9.18. The minimum atomic E-state index is 0.276. The van der Waals surface area contributed by atoms with Gasteiger partial charge in [-0.1, -0.05) is 32.9 Å². The highest BCUT2D eigenvalue weighted by Crippen LogP contribution is 2.24. The summed E-state index contributed by atoms with van der Waals surface area (Å²) < 4.78 is 0. The van der Waals surface area contributed by atoms with Crippen LogP contribution in [0.25, 0.3) is 0 Å². The van der Waals surface area contributed by atoms with Gasteiger partial charge in [-0.3, -0.25) is 0 Å². The third-order valence-corrected chi connectivity index (χ3v) is 4.16. The van der Waals surface area contributed by atoms with Crippen molar-refractivity contribution in [3.63, 3.8) is 0 Å². The Hall–Kier alpha value is -0.510. The summed E-state index contributed by atoms with van der Waals surface area (Å²) in [5, 5.41) is 13.0. The highest BCUT2D eigenvalue weighted by molar-refractivity contribution is 7.99. The molecular formula is C16H27NOS. The van der Waals surface area contributed by atoms with E-state index in [1.165, 1.54) is 10.5 Å². The second kappa shape index (κ2) is 8.62. The largest absolute Gasteiger partial charge is 0.396 e. The molecule has 0 aromatic heterocycles. The van der Waals surface area contributed by atoms with Crippen molar-refractivity contribution in [3.05, 3.63) is 29.8 Å². The summed E-state index contributed by atoms with van der Waals surface area (Å²) in [6.45, 7) is 10.0. The lowest BCUT2D eigenvalue weighted by Gasteiger charge is -2.18. The highest BCUT2D eigenvalue weighted by atomic mass is 32.2. The Morgan fingerprint density at radius 3 is 2.26 bits per heavy atom. The fourth-order valence-corrected chi connectivity index (χ4v) is 2.76. The minimum absolute atomic E-state index is 0.276. The maximum atomic E-state index is 8.89. The minimum Gasteiger partial charge on any atom is -0.396 e. The van der Waals surface area contributed by atoms with Crippen LogP contribution in [0.2, 0.25) is 0 Å². The molecule has 0 fully saturated rings. The van der Waals surface area contributed by atoms with Gasteiger partial charge in [-0.15, -0.1) is 11.8 Å². The van der Waals surface area contributed by atoms with Crippen LogP contribution in [0.3, 0.4) is 0 Å². The van der Waals surface area contributed by atoms with Crippen LogP contribution in [0.1, 0.15) is 45.7 Å². The fourth-order valence-electron chi connectivity index (χ4n) is 1.93. The van der Waals surface area contributed by atoms with Crippen LogP contribution in [-0.4, -0.2) is 23.5 Å². The second-order valence-electron chi connectivity index (χ2n) is 5.48. The van der Waals surface area contributed by atoms with Crippen molar-refractivity contribution in [1.82, 2.24) is 5.32 Å². The number of nitrogens with one attached hydrogen (secondary N) is 1. The van der Waals surface area contributed by atoms with Gasteiger partial charge in [0.05, 0.1) is 0 Å². The Kier molecular flexibility index (Phi) is 7.51. The average Bonchev–Trinajstić information content (AvgIpc) is 2.36. The van der Waals surface area contributed by atoms with Crippen LogP contribution < -0.4 is 5.32 Å². The van der Waals surface area contributed by atoms with E-state index in [-0.39, 0.29) is 6.61 Å². The molecule has 1 rings (SSSR count). The number of hydrogen-bond acceptors (Lipinski definition) is 3. The Balaban J connectivity index is 2.46. The van der Waals surface area contributed by atoms with Crippen molar-refractivity contribution in [1.29, 1.82) is 0 Å². The molecule has 2 unspecified atom stereocenters. The van der Waals surface area contributed by atoms with E-state index in [0.717, 1.165) is 13.0 Å². The summed E-state index contributed by atoms with van der Waals surface area (Å²) in [4.78, 5) is 1.33. The molecule has 0 aliphatic heterocycles. The Morgan fingerprint density at radius 1 is 1.11 bits per heavy atom. The topological polar surface area (TPSA) is 32.3 Å². The summed E-state index contributed by atoms with van der Waals surface area (Å²) in [5.41, 5.74) is 1.32.